The predicted octanol–water partition coefficient (Wildman–Crippen LogP) is 11.2. The number of aromatic nitrogens is 2. The van der Waals surface area contributed by atoms with Gasteiger partial charge in [0, 0.05) is 16.7 Å². The highest BCUT2D eigenvalue weighted by Crippen LogP contribution is 2.45. The molecular formula is C57H57N5O7S2. The summed E-state index contributed by atoms with van der Waals surface area (Å²) >= 11 is 2.49. The number of esters is 1. The summed E-state index contributed by atoms with van der Waals surface area (Å²) in [5, 5.41) is 13.4. The van der Waals surface area contributed by atoms with Crippen LogP contribution < -0.4 is 16.0 Å². The van der Waals surface area contributed by atoms with Gasteiger partial charge in [-0.25, -0.2) is 19.6 Å². The number of nitrogens with one attached hydrogen (secondary N) is 3. The normalized spacial score (nSPS) is 13.8. The van der Waals surface area contributed by atoms with Gasteiger partial charge in [-0.15, -0.1) is 22.7 Å². The third-order valence-corrected chi connectivity index (χ3v) is 14.4. The second kappa shape index (κ2) is 22.7. The number of ether oxygens (including phenoxy) is 3. The fourth-order valence-electron chi connectivity index (χ4n) is 8.99. The summed E-state index contributed by atoms with van der Waals surface area (Å²) < 4.78 is 18.5. The van der Waals surface area contributed by atoms with Crippen LogP contribution in [0.15, 0.2) is 163 Å². The van der Waals surface area contributed by atoms with Crippen LogP contribution in [-0.4, -0.2) is 59.2 Å². The smallest absolute Gasteiger partial charge is 0.407 e. The summed E-state index contributed by atoms with van der Waals surface area (Å²) in [6.07, 6.45) is -0.293. The molecule has 364 valence electrons. The highest BCUT2D eigenvalue weighted by molar-refractivity contribution is 7.10. The van der Waals surface area contributed by atoms with Crippen molar-refractivity contribution in [3.05, 3.63) is 212 Å². The summed E-state index contributed by atoms with van der Waals surface area (Å²) in [6.45, 7) is 13.2. The molecule has 3 amide bonds. The first-order valence-corrected chi connectivity index (χ1v) is 25.4. The van der Waals surface area contributed by atoms with Crippen molar-refractivity contribution in [1.29, 1.82) is 0 Å². The zero-order chi connectivity index (χ0) is 50.1. The van der Waals surface area contributed by atoms with Gasteiger partial charge in [0.1, 0.15) is 40.6 Å². The van der Waals surface area contributed by atoms with Gasteiger partial charge in [-0.05, 0) is 57.7 Å². The van der Waals surface area contributed by atoms with E-state index in [-0.39, 0.29) is 42.4 Å². The molecule has 5 aromatic carbocycles. The molecule has 3 N–H and O–H groups in total. The lowest BCUT2D eigenvalue weighted by Crippen LogP contribution is -2.56. The molecule has 4 atom stereocenters. The molecule has 2 aromatic heterocycles. The van der Waals surface area contributed by atoms with Crippen LogP contribution >= 0.6 is 22.7 Å². The number of thiazole rings is 2. The maximum Gasteiger partial charge on any atom is 0.407 e. The van der Waals surface area contributed by atoms with E-state index in [1.807, 2.05) is 143 Å². The highest BCUT2D eigenvalue weighted by atomic mass is 32.1. The number of fused-ring (bicyclic) bond motifs is 3. The summed E-state index contributed by atoms with van der Waals surface area (Å²) in [4.78, 5) is 65.0. The fraction of sp³-hybridized carbons (Fsp3) is 0.263. The summed E-state index contributed by atoms with van der Waals surface area (Å²) in [6, 6.07) is 43.1. The van der Waals surface area contributed by atoms with Crippen LogP contribution in [0.5, 0.6) is 0 Å². The highest BCUT2D eigenvalue weighted by Gasteiger charge is 2.43. The van der Waals surface area contributed by atoms with Crippen molar-refractivity contribution in [2.45, 2.75) is 70.4 Å². The zero-order valence-electron chi connectivity index (χ0n) is 40.2. The van der Waals surface area contributed by atoms with Gasteiger partial charge in [0.25, 0.3) is 5.91 Å². The Morgan fingerprint density at radius 1 is 0.620 bits per heavy atom. The lowest BCUT2D eigenvalue weighted by molar-refractivity contribution is -0.131. The van der Waals surface area contributed by atoms with Gasteiger partial charge in [0.05, 0.1) is 18.2 Å². The van der Waals surface area contributed by atoms with E-state index in [2.05, 4.69) is 51.8 Å². The van der Waals surface area contributed by atoms with E-state index in [0.717, 1.165) is 38.9 Å². The minimum atomic E-state index is -1.30. The van der Waals surface area contributed by atoms with Crippen LogP contribution in [0.25, 0.3) is 11.1 Å². The molecular weight excluding hydrogens is 931 g/mol. The van der Waals surface area contributed by atoms with Crippen molar-refractivity contribution in [2.75, 3.05) is 13.2 Å². The van der Waals surface area contributed by atoms with Crippen LogP contribution in [0.4, 0.5) is 4.79 Å². The van der Waals surface area contributed by atoms with E-state index in [4.69, 9.17) is 19.2 Å². The van der Waals surface area contributed by atoms with Crippen molar-refractivity contribution >= 4 is 46.6 Å². The van der Waals surface area contributed by atoms with Crippen LogP contribution in [0.3, 0.4) is 0 Å². The van der Waals surface area contributed by atoms with E-state index in [1.165, 1.54) is 28.7 Å². The summed E-state index contributed by atoms with van der Waals surface area (Å²) in [5.41, 5.74) is 5.82. The van der Waals surface area contributed by atoms with E-state index in [9.17, 15) is 14.4 Å². The van der Waals surface area contributed by atoms with Gasteiger partial charge in [-0.3, -0.25) is 9.59 Å². The second-order valence-corrected chi connectivity index (χ2v) is 19.8. The average Bonchev–Trinajstić information content (AvgIpc) is 4.16. The molecule has 0 spiro atoms. The Hall–Kier alpha value is -7.26. The molecule has 7 aromatic rings. The molecule has 0 bridgehead atoms. The molecule has 0 saturated heterocycles. The Morgan fingerprint density at radius 2 is 1.08 bits per heavy atom. The Balaban J connectivity index is 1.08. The first-order chi connectivity index (χ1) is 34.4. The molecule has 12 nitrogen and oxygen atoms in total. The van der Waals surface area contributed by atoms with Crippen LogP contribution in [0.2, 0.25) is 0 Å². The standard InChI is InChI=1S/C57H57N5O7S2/c1-7-31-67-55(65)47-34-71-54(59-47)48(35(2)3)60-51(63)46-33-70-53(58-46)49(36(4)5)61-52(64)50(62-56(66)68-32-45-43-29-19-17-27-41(43)42-28-18-20-30-44(42)45)37(6)69-57(38-21-11-8-12-22-38,39-23-13-9-14-24-39)40-25-15-10-16-26-40/h7-30,33-37,45,48-50H,1,31-32H2,2-6H3,(H,60,63)(H,61,64)(H,62,66)/t37-,48+,49+,50+/m1/s1. The number of benzene rings is 5. The summed E-state index contributed by atoms with van der Waals surface area (Å²) in [7, 11) is 0. The number of nitrogens with zero attached hydrogens (tertiary/aromatic N) is 2. The first-order valence-electron chi connectivity index (χ1n) is 23.7. The molecule has 1 aliphatic rings. The van der Waals surface area contributed by atoms with Crippen molar-refractivity contribution < 1.29 is 33.4 Å². The van der Waals surface area contributed by atoms with E-state index >= 15 is 4.79 Å². The molecule has 1 aliphatic carbocycles. The Morgan fingerprint density at radius 3 is 1.59 bits per heavy atom. The number of hydrogen-bond donors (Lipinski definition) is 3. The second-order valence-electron chi connectivity index (χ2n) is 18.0. The van der Waals surface area contributed by atoms with Gasteiger partial charge in [-0.1, -0.05) is 180 Å². The molecule has 8 rings (SSSR count). The number of rotatable bonds is 20. The topological polar surface area (TPSA) is 158 Å². The molecule has 0 aliphatic heterocycles. The fourth-order valence-corrected chi connectivity index (χ4v) is 11.0. The third-order valence-electron chi connectivity index (χ3n) is 12.5. The van der Waals surface area contributed by atoms with Crippen molar-refractivity contribution in [2.24, 2.45) is 11.8 Å². The molecule has 0 fully saturated rings. The van der Waals surface area contributed by atoms with Crippen LogP contribution in [0.1, 0.15) is 111 Å². The largest absolute Gasteiger partial charge is 0.457 e. The van der Waals surface area contributed by atoms with E-state index in [1.54, 1.807) is 17.7 Å². The van der Waals surface area contributed by atoms with Gasteiger partial charge >= 0.3 is 12.1 Å². The number of alkyl carbamates (subject to hydrolysis) is 1. The molecule has 2 heterocycles. The molecule has 71 heavy (non-hydrogen) atoms. The quantitative estimate of drug-likeness (QED) is 0.0384. The monoisotopic (exact) mass is 987 g/mol. The van der Waals surface area contributed by atoms with E-state index in [0.29, 0.717) is 10.0 Å². The van der Waals surface area contributed by atoms with Crippen LogP contribution in [-0.2, 0) is 24.6 Å². The molecule has 0 saturated carbocycles. The lowest BCUT2D eigenvalue weighted by Gasteiger charge is -2.40. The van der Waals surface area contributed by atoms with Crippen LogP contribution in [0, 0.1) is 11.8 Å². The van der Waals surface area contributed by atoms with Gasteiger partial charge in [-0.2, -0.15) is 0 Å². The SMILES string of the molecule is C=CCOC(=O)c1csc([C@@H](NC(=O)c2csc([C@@H](NC(=O)[C@@H](NC(=O)OCC3c4ccccc4-c4ccccc43)[C@@H](C)OC(c3ccccc3)(c3ccccc3)c3ccccc3)C(C)C)n2)C(C)C)n1. The third kappa shape index (κ3) is 11.0. The van der Waals surface area contributed by atoms with E-state index < -0.39 is 53.7 Å². The maximum atomic E-state index is 15.1. The Kier molecular flexibility index (Phi) is 16.0. The van der Waals surface area contributed by atoms with Gasteiger partial charge in [0.15, 0.2) is 5.69 Å². The molecule has 14 heteroatoms. The van der Waals surface area contributed by atoms with Gasteiger partial charge in [0.2, 0.25) is 5.91 Å². The lowest BCUT2D eigenvalue weighted by atomic mass is 9.79. The van der Waals surface area contributed by atoms with Crippen molar-refractivity contribution in [1.82, 2.24) is 25.9 Å². The molecule has 0 radical (unpaired) electrons. The van der Waals surface area contributed by atoms with Crippen molar-refractivity contribution in [3.63, 3.8) is 0 Å². The van der Waals surface area contributed by atoms with Gasteiger partial charge < -0.3 is 30.2 Å². The minimum Gasteiger partial charge on any atom is -0.457 e. The van der Waals surface area contributed by atoms with Crippen molar-refractivity contribution in [3.8, 4) is 11.1 Å². The Bertz CT molecular complexity index is 2820. The number of amides is 3. The number of carbonyl (C=O) groups excluding carboxylic acids is 4. The molecule has 0 unspecified atom stereocenters. The minimum absolute atomic E-state index is 0.0354. The average molecular weight is 988 g/mol. The number of hydrogen-bond acceptors (Lipinski definition) is 11. The Labute approximate surface area is 422 Å². The number of carbonyl (C=O) groups is 4. The predicted molar refractivity (Wildman–Crippen MR) is 277 cm³/mol. The maximum absolute atomic E-state index is 15.1. The first kappa shape index (κ1) is 50.1. The zero-order valence-corrected chi connectivity index (χ0v) is 41.9. The summed E-state index contributed by atoms with van der Waals surface area (Å²) in [5.74, 6) is -2.06.